The van der Waals surface area contributed by atoms with Crippen LogP contribution in [0.15, 0.2) is 30.6 Å². The number of methoxy groups -OCH3 is 1. The van der Waals surface area contributed by atoms with Gasteiger partial charge in [-0.15, -0.1) is 0 Å². The van der Waals surface area contributed by atoms with Gasteiger partial charge >= 0.3 is 5.97 Å². The zero-order valence-electron chi connectivity index (χ0n) is 9.98. The van der Waals surface area contributed by atoms with Crippen molar-refractivity contribution in [3.63, 3.8) is 0 Å². The number of hydrogen-bond acceptors (Lipinski definition) is 4. The topological polar surface area (TPSA) is 52.1 Å². The monoisotopic (exact) mass is 246 g/mol. The molecule has 0 aliphatic carbocycles. The molecule has 92 valence electrons. The predicted molar refractivity (Wildman–Crippen MR) is 63.5 cm³/mol. The van der Waals surface area contributed by atoms with Crippen LogP contribution < -0.4 is 0 Å². The third-order valence-electron chi connectivity index (χ3n) is 2.52. The van der Waals surface area contributed by atoms with Crippen molar-refractivity contribution in [3.05, 3.63) is 47.5 Å². The number of halogens is 1. The van der Waals surface area contributed by atoms with Gasteiger partial charge in [-0.3, -0.25) is 0 Å². The maximum atomic E-state index is 12.7. The molecule has 0 amide bonds. The zero-order valence-corrected chi connectivity index (χ0v) is 9.98. The van der Waals surface area contributed by atoms with Gasteiger partial charge in [-0.05, 0) is 18.6 Å². The standard InChI is InChI=1S/C13H11FN2O2/c1-8-3-4-9(5-11(8)13(17)18-2)12-15-6-10(14)7-16-12/h3-7H,1-2H3. The van der Waals surface area contributed by atoms with Crippen LogP contribution in [0.3, 0.4) is 0 Å². The van der Waals surface area contributed by atoms with Gasteiger partial charge in [-0.1, -0.05) is 12.1 Å². The van der Waals surface area contributed by atoms with E-state index in [1.165, 1.54) is 7.11 Å². The van der Waals surface area contributed by atoms with Crippen LogP contribution in [-0.4, -0.2) is 23.0 Å². The Hall–Kier alpha value is -2.30. The van der Waals surface area contributed by atoms with Crippen LogP contribution in [0.25, 0.3) is 11.4 Å². The fraction of sp³-hybridized carbons (Fsp3) is 0.154. The van der Waals surface area contributed by atoms with Gasteiger partial charge < -0.3 is 4.74 Å². The fourth-order valence-corrected chi connectivity index (χ4v) is 1.55. The molecule has 2 aromatic rings. The van der Waals surface area contributed by atoms with Crippen molar-refractivity contribution in [1.82, 2.24) is 9.97 Å². The largest absolute Gasteiger partial charge is 0.465 e. The van der Waals surface area contributed by atoms with Crippen molar-refractivity contribution in [2.45, 2.75) is 6.92 Å². The summed E-state index contributed by atoms with van der Waals surface area (Å²) in [5.74, 6) is -0.558. The predicted octanol–water partition coefficient (Wildman–Crippen LogP) is 2.38. The number of esters is 1. The van der Waals surface area contributed by atoms with Gasteiger partial charge in [0.25, 0.3) is 0 Å². The average Bonchev–Trinajstić information content (AvgIpc) is 2.39. The lowest BCUT2D eigenvalue weighted by molar-refractivity contribution is 0.0600. The van der Waals surface area contributed by atoms with Gasteiger partial charge in [-0.2, -0.15) is 0 Å². The summed E-state index contributed by atoms with van der Waals surface area (Å²) in [7, 11) is 1.32. The molecule has 4 nitrogen and oxygen atoms in total. The second kappa shape index (κ2) is 4.91. The van der Waals surface area contributed by atoms with Crippen LogP contribution in [0.4, 0.5) is 4.39 Å². The molecule has 2 rings (SSSR count). The Morgan fingerprint density at radius 3 is 2.56 bits per heavy atom. The van der Waals surface area contributed by atoms with E-state index < -0.39 is 11.8 Å². The van der Waals surface area contributed by atoms with Crippen molar-refractivity contribution < 1.29 is 13.9 Å². The highest BCUT2D eigenvalue weighted by molar-refractivity contribution is 5.92. The smallest absolute Gasteiger partial charge is 0.338 e. The number of rotatable bonds is 2. The maximum Gasteiger partial charge on any atom is 0.338 e. The molecule has 1 heterocycles. The molecule has 18 heavy (non-hydrogen) atoms. The van der Waals surface area contributed by atoms with Gasteiger partial charge in [0.1, 0.15) is 0 Å². The Kier molecular flexibility index (Phi) is 3.32. The number of benzene rings is 1. The third kappa shape index (κ3) is 2.34. The van der Waals surface area contributed by atoms with Gasteiger partial charge in [0, 0.05) is 5.56 Å². The number of nitrogens with zero attached hydrogens (tertiary/aromatic N) is 2. The molecule has 0 bridgehead atoms. The van der Waals surface area contributed by atoms with E-state index in [4.69, 9.17) is 0 Å². The van der Waals surface area contributed by atoms with Crippen LogP contribution >= 0.6 is 0 Å². The van der Waals surface area contributed by atoms with E-state index in [2.05, 4.69) is 14.7 Å². The number of carbonyl (C=O) groups excluding carboxylic acids is 1. The summed E-state index contributed by atoms with van der Waals surface area (Å²) in [6, 6.07) is 5.18. The first-order valence-electron chi connectivity index (χ1n) is 5.28. The molecule has 0 aliphatic heterocycles. The minimum Gasteiger partial charge on any atom is -0.465 e. The molecule has 0 spiro atoms. The van der Waals surface area contributed by atoms with E-state index in [0.29, 0.717) is 17.0 Å². The SMILES string of the molecule is COC(=O)c1cc(-c2ncc(F)cn2)ccc1C. The molecule has 0 N–H and O–H groups in total. The number of carbonyl (C=O) groups is 1. The van der Waals surface area contributed by atoms with E-state index in [1.54, 1.807) is 18.2 Å². The van der Waals surface area contributed by atoms with Crippen LogP contribution in [0.5, 0.6) is 0 Å². The van der Waals surface area contributed by atoms with E-state index in [9.17, 15) is 9.18 Å². The van der Waals surface area contributed by atoms with E-state index in [1.807, 2.05) is 6.92 Å². The first kappa shape index (κ1) is 12.2. The fourth-order valence-electron chi connectivity index (χ4n) is 1.55. The molecule has 0 unspecified atom stereocenters. The Morgan fingerprint density at radius 1 is 1.28 bits per heavy atom. The Balaban J connectivity index is 2.46. The summed E-state index contributed by atoms with van der Waals surface area (Å²) >= 11 is 0. The van der Waals surface area contributed by atoms with Crippen LogP contribution in [0, 0.1) is 12.7 Å². The lowest BCUT2D eigenvalue weighted by Gasteiger charge is -2.06. The quantitative estimate of drug-likeness (QED) is 0.763. The van der Waals surface area contributed by atoms with Crippen LogP contribution in [0.2, 0.25) is 0 Å². The average molecular weight is 246 g/mol. The van der Waals surface area contributed by atoms with Crippen LogP contribution in [-0.2, 0) is 4.74 Å². The Morgan fingerprint density at radius 2 is 1.94 bits per heavy atom. The number of aromatic nitrogens is 2. The summed E-state index contributed by atoms with van der Waals surface area (Å²) in [6.45, 7) is 1.81. The summed E-state index contributed by atoms with van der Waals surface area (Å²) in [5, 5.41) is 0. The Labute approximate surface area is 103 Å². The summed E-state index contributed by atoms with van der Waals surface area (Å²) in [4.78, 5) is 19.3. The molecule has 1 aromatic carbocycles. The van der Waals surface area contributed by atoms with Gasteiger partial charge in [-0.25, -0.2) is 19.2 Å². The van der Waals surface area contributed by atoms with E-state index in [0.717, 1.165) is 18.0 Å². The van der Waals surface area contributed by atoms with Gasteiger partial charge in [0.2, 0.25) is 0 Å². The molecular weight excluding hydrogens is 235 g/mol. The van der Waals surface area contributed by atoms with E-state index >= 15 is 0 Å². The molecule has 0 saturated heterocycles. The van der Waals surface area contributed by atoms with Crippen molar-refractivity contribution in [2.75, 3.05) is 7.11 Å². The summed E-state index contributed by atoms with van der Waals surface area (Å²) < 4.78 is 17.4. The first-order chi connectivity index (χ1) is 8.61. The highest BCUT2D eigenvalue weighted by Crippen LogP contribution is 2.19. The summed E-state index contributed by atoms with van der Waals surface area (Å²) in [6.07, 6.45) is 2.17. The van der Waals surface area contributed by atoms with Crippen molar-refractivity contribution in [2.24, 2.45) is 0 Å². The number of ether oxygens (including phenoxy) is 1. The molecule has 1 aromatic heterocycles. The van der Waals surface area contributed by atoms with Crippen molar-refractivity contribution >= 4 is 5.97 Å². The normalized spacial score (nSPS) is 10.2. The van der Waals surface area contributed by atoms with Gasteiger partial charge in [0.15, 0.2) is 11.6 Å². The summed E-state index contributed by atoms with van der Waals surface area (Å²) in [5.41, 5.74) is 1.89. The highest BCUT2D eigenvalue weighted by atomic mass is 19.1. The first-order valence-corrected chi connectivity index (χ1v) is 5.28. The molecule has 0 aliphatic rings. The maximum absolute atomic E-state index is 12.7. The zero-order chi connectivity index (χ0) is 13.1. The van der Waals surface area contributed by atoms with E-state index in [-0.39, 0.29) is 0 Å². The minimum atomic E-state index is -0.501. The Bertz CT molecular complexity index is 582. The minimum absolute atomic E-state index is 0.363. The molecule has 5 heteroatoms. The van der Waals surface area contributed by atoms with Crippen LogP contribution in [0.1, 0.15) is 15.9 Å². The molecular formula is C13H11FN2O2. The number of hydrogen-bond donors (Lipinski definition) is 0. The van der Waals surface area contributed by atoms with Gasteiger partial charge in [0.05, 0.1) is 25.1 Å². The third-order valence-corrected chi connectivity index (χ3v) is 2.52. The molecule has 0 saturated carbocycles. The molecule has 0 atom stereocenters. The second-order valence-corrected chi connectivity index (χ2v) is 3.75. The molecule has 0 fully saturated rings. The van der Waals surface area contributed by atoms with Crippen molar-refractivity contribution in [1.29, 1.82) is 0 Å². The lowest BCUT2D eigenvalue weighted by Crippen LogP contribution is -2.04. The number of aryl methyl sites for hydroxylation is 1. The lowest BCUT2D eigenvalue weighted by atomic mass is 10.0. The second-order valence-electron chi connectivity index (χ2n) is 3.75. The van der Waals surface area contributed by atoms with Crippen molar-refractivity contribution in [3.8, 4) is 11.4 Å². The molecule has 0 radical (unpaired) electrons. The highest BCUT2D eigenvalue weighted by Gasteiger charge is 2.11.